The Morgan fingerprint density at radius 3 is 2.33 bits per heavy atom. The third-order valence-corrected chi connectivity index (χ3v) is 4.19. The summed E-state index contributed by atoms with van der Waals surface area (Å²) >= 11 is 0. The van der Waals surface area contributed by atoms with E-state index in [1.54, 1.807) is 0 Å². The fourth-order valence-electron chi connectivity index (χ4n) is 2.23. The Morgan fingerprint density at radius 2 is 1.81 bits per heavy atom. The van der Waals surface area contributed by atoms with Crippen molar-refractivity contribution in [2.24, 2.45) is 0 Å². The van der Waals surface area contributed by atoms with E-state index in [0.717, 1.165) is 19.0 Å². The molecule has 1 N–H and O–H groups in total. The quantitative estimate of drug-likeness (QED) is 0.761. The molecule has 0 radical (unpaired) electrons. The molecule has 0 saturated carbocycles. The third kappa shape index (κ3) is 8.12. The molecule has 0 saturated heterocycles. The average Bonchev–Trinajstić information content (AvgIpc) is 2.32. The summed E-state index contributed by atoms with van der Waals surface area (Å²) in [7, 11) is -2.97. The lowest BCUT2D eigenvalue weighted by Gasteiger charge is -2.18. The van der Waals surface area contributed by atoms with Crippen molar-refractivity contribution in [1.82, 2.24) is 5.32 Å². The first-order valence-corrected chi connectivity index (χ1v) is 9.22. The molecular formula is C15H23F2NO2S. The monoisotopic (exact) mass is 319 g/mol. The Bertz CT molecular complexity index is 526. The fraction of sp³-hybridized carbons (Fsp3) is 0.600. The van der Waals surface area contributed by atoms with Gasteiger partial charge in [-0.05, 0) is 49.9 Å². The van der Waals surface area contributed by atoms with Gasteiger partial charge in [0.25, 0.3) is 0 Å². The van der Waals surface area contributed by atoms with Gasteiger partial charge in [-0.2, -0.15) is 0 Å². The van der Waals surface area contributed by atoms with E-state index in [1.807, 2.05) is 6.92 Å². The van der Waals surface area contributed by atoms with E-state index in [4.69, 9.17) is 0 Å². The number of sulfone groups is 1. The Morgan fingerprint density at radius 1 is 1.19 bits per heavy atom. The van der Waals surface area contributed by atoms with Crippen LogP contribution in [0.5, 0.6) is 0 Å². The first-order valence-electron chi connectivity index (χ1n) is 7.16. The van der Waals surface area contributed by atoms with E-state index >= 15 is 0 Å². The van der Waals surface area contributed by atoms with Crippen LogP contribution in [0.2, 0.25) is 0 Å². The van der Waals surface area contributed by atoms with Gasteiger partial charge >= 0.3 is 0 Å². The first kappa shape index (κ1) is 18.0. The van der Waals surface area contributed by atoms with Crippen molar-refractivity contribution in [1.29, 1.82) is 0 Å². The Balaban J connectivity index is 2.63. The molecule has 0 fully saturated rings. The molecule has 120 valence electrons. The lowest BCUT2D eigenvalue weighted by Crippen LogP contribution is -2.32. The summed E-state index contributed by atoms with van der Waals surface area (Å²) in [5.41, 5.74) is 0.584. The van der Waals surface area contributed by atoms with Crippen LogP contribution in [0.4, 0.5) is 8.78 Å². The summed E-state index contributed by atoms with van der Waals surface area (Å²) in [5.74, 6) is -1.04. The molecule has 3 nitrogen and oxygen atoms in total. The molecule has 1 unspecified atom stereocenters. The van der Waals surface area contributed by atoms with E-state index in [2.05, 4.69) is 5.32 Å². The summed E-state index contributed by atoms with van der Waals surface area (Å²) in [6, 6.07) is 3.51. The second-order valence-electron chi connectivity index (χ2n) is 5.40. The molecule has 1 rings (SSSR count). The SMILES string of the molecule is CCCNC(CCCS(C)(=O)=O)Cc1cc(F)cc(F)c1. The van der Waals surface area contributed by atoms with Gasteiger partial charge < -0.3 is 5.32 Å². The van der Waals surface area contributed by atoms with E-state index < -0.39 is 21.5 Å². The summed E-state index contributed by atoms with van der Waals surface area (Å²) in [6.07, 6.45) is 3.84. The molecule has 1 atom stereocenters. The van der Waals surface area contributed by atoms with E-state index in [0.29, 0.717) is 24.8 Å². The molecule has 0 aliphatic carbocycles. The normalized spacial score (nSPS) is 13.3. The van der Waals surface area contributed by atoms with Crippen LogP contribution in [0.3, 0.4) is 0 Å². The lowest BCUT2D eigenvalue weighted by atomic mass is 10.0. The minimum absolute atomic E-state index is 0.0212. The highest BCUT2D eigenvalue weighted by Gasteiger charge is 2.12. The number of rotatable bonds is 9. The Labute approximate surface area is 125 Å². The van der Waals surface area contributed by atoms with Gasteiger partial charge in [-0.25, -0.2) is 17.2 Å². The molecule has 0 aromatic heterocycles. The average molecular weight is 319 g/mol. The lowest BCUT2D eigenvalue weighted by molar-refractivity contribution is 0.469. The van der Waals surface area contributed by atoms with Crippen LogP contribution in [0, 0.1) is 11.6 Å². The fourth-order valence-corrected chi connectivity index (χ4v) is 2.92. The zero-order chi connectivity index (χ0) is 15.9. The molecule has 0 spiro atoms. The van der Waals surface area contributed by atoms with Crippen molar-refractivity contribution in [2.45, 2.75) is 38.6 Å². The number of nitrogens with one attached hydrogen (secondary N) is 1. The van der Waals surface area contributed by atoms with Crippen LogP contribution in [0.1, 0.15) is 31.7 Å². The molecule has 21 heavy (non-hydrogen) atoms. The summed E-state index contributed by atoms with van der Waals surface area (Å²) < 4.78 is 48.7. The number of benzene rings is 1. The molecule has 1 aromatic rings. The molecule has 0 aliphatic heterocycles. The highest BCUT2D eigenvalue weighted by atomic mass is 32.2. The second-order valence-corrected chi connectivity index (χ2v) is 7.66. The summed E-state index contributed by atoms with van der Waals surface area (Å²) in [5, 5.41) is 3.30. The van der Waals surface area contributed by atoms with Crippen LogP contribution in [-0.4, -0.2) is 33.0 Å². The maximum atomic E-state index is 13.2. The van der Waals surface area contributed by atoms with Gasteiger partial charge in [0.05, 0.1) is 0 Å². The summed E-state index contributed by atoms with van der Waals surface area (Å²) in [4.78, 5) is 0. The summed E-state index contributed by atoms with van der Waals surface area (Å²) in [6.45, 7) is 2.82. The molecule has 0 amide bonds. The number of hydrogen-bond acceptors (Lipinski definition) is 3. The maximum Gasteiger partial charge on any atom is 0.147 e. The Kier molecular flexibility index (Phi) is 7.25. The first-order chi connectivity index (χ1) is 9.80. The molecule has 1 aromatic carbocycles. The van der Waals surface area contributed by atoms with Crippen LogP contribution in [-0.2, 0) is 16.3 Å². The smallest absolute Gasteiger partial charge is 0.147 e. The zero-order valence-corrected chi connectivity index (χ0v) is 13.3. The largest absolute Gasteiger partial charge is 0.314 e. The third-order valence-electron chi connectivity index (χ3n) is 3.16. The van der Waals surface area contributed by atoms with Crippen LogP contribution >= 0.6 is 0 Å². The van der Waals surface area contributed by atoms with Crippen molar-refractivity contribution >= 4 is 9.84 Å². The van der Waals surface area contributed by atoms with Crippen molar-refractivity contribution in [3.63, 3.8) is 0 Å². The van der Waals surface area contributed by atoms with Gasteiger partial charge in [-0.15, -0.1) is 0 Å². The Hall–Kier alpha value is -1.01. The van der Waals surface area contributed by atoms with Crippen molar-refractivity contribution in [3.8, 4) is 0 Å². The standard InChI is InChI=1S/C15H23F2NO2S/c1-3-6-18-15(5-4-7-21(2,19)20)10-12-8-13(16)11-14(17)9-12/h8-9,11,15,18H,3-7,10H2,1-2H3. The minimum Gasteiger partial charge on any atom is -0.314 e. The van der Waals surface area contributed by atoms with Gasteiger partial charge in [-0.3, -0.25) is 0 Å². The predicted octanol–water partition coefficient (Wildman–Crippen LogP) is 2.70. The van der Waals surface area contributed by atoms with Gasteiger partial charge in [0.2, 0.25) is 0 Å². The van der Waals surface area contributed by atoms with Gasteiger partial charge in [0.15, 0.2) is 0 Å². The highest BCUT2D eigenvalue weighted by molar-refractivity contribution is 7.90. The van der Waals surface area contributed by atoms with Crippen molar-refractivity contribution in [3.05, 3.63) is 35.4 Å². The molecule has 6 heteroatoms. The minimum atomic E-state index is -2.97. The van der Waals surface area contributed by atoms with Gasteiger partial charge in [0, 0.05) is 24.1 Å². The van der Waals surface area contributed by atoms with Crippen LogP contribution < -0.4 is 5.32 Å². The highest BCUT2D eigenvalue weighted by Crippen LogP contribution is 2.13. The number of hydrogen-bond donors (Lipinski definition) is 1. The van der Waals surface area contributed by atoms with Crippen molar-refractivity contribution < 1.29 is 17.2 Å². The van der Waals surface area contributed by atoms with Gasteiger partial charge in [-0.1, -0.05) is 6.92 Å². The topological polar surface area (TPSA) is 46.2 Å². The van der Waals surface area contributed by atoms with E-state index in [9.17, 15) is 17.2 Å². The number of halogens is 2. The second kappa shape index (κ2) is 8.44. The molecular weight excluding hydrogens is 296 g/mol. The molecule has 0 aliphatic rings. The van der Waals surface area contributed by atoms with E-state index in [-0.39, 0.29) is 11.8 Å². The zero-order valence-electron chi connectivity index (χ0n) is 12.5. The maximum absolute atomic E-state index is 13.2. The van der Waals surface area contributed by atoms with E-state index in [1.165, 1.54) is 18.4 Å². The van der Waals surface area contributed by atoms with Gasteiger partial charge in [0.1, 0.15) is 21.5 Å². The van der Waals surface area contributed by atoms with Crippen molar-refractivity contribution in [2.75, 3.05) is 18.6 Å². The van der Waals surface area contributed by atoms with Crippen LogP contribution in [0.25, 0.3) is 0 Å². The van der Waals surface area contributed by atoms with Crippen LogP contribution in [0.15, 0.2) is 18.2 Å². The molecule has 0 heterocycles. The molecule has 0 bridgehead atoms. The predicted molar refractivity (Wildman–Crippen MR) is 81.1 cm³/mol.